The van der Waals surface area contributed by atoms with Crippen molar-refractivity contribution < 1.29 is 0 Å². The zero-order valence-corrected chi connectivity index (χ0v) is 13.6. The highest BCUT2D eigenvalue weighted by molar-refractivity contribution is 5.79. The van der Waals surface area contributed by atoms with Crippen molar-refractivity contribution in [2.45, 2.75) is 39.9 Å². The maximum absolute atomic E-state index is 12.3. The minimum atomic E-state index is 0.0450. The third-order valence-corrected chi connectivity index (χ3v) is 3.97. The Morgan fingerprint density at radius 1 is 1.35 bits per heavy atom. The number of aryl methyl sites for hydroxylation is 2. The van der Waals surface area contributed by atoms with Crippen molar-refractivity contribution in [3.63, 3.8) is 0 Å². The van der Waals surface area contributed by atoms with Gasteiger partial charge in [0, 0.05) is 35.8 Å². The Hall–Kier alpha value is -2.47. The molecule has 2 aromatic heterocycles. The third kappa shape index (κ3) is 3.17. The molecule has 0 amide bonds. The molecule has 0 fully saturated rings. The van der Waals surface area contributed by atoms with Crippen LogP contribution >= 0.6 is 0 Å². The van der Waals surface area contributed by atoms with Crippen LogP contribution in [0.3, 0.4) is 0 Å². The first kappa shape index (κ1) is 15.4. The lowest BCUT2D eigenvalue weighted by Crippen LogP contribution is -2.23. The van der Waals surface area contributed by atoms with E-state index in [0.29, 0.717) is 6.54 Å². The number of hydrogen-bond acceptors (Lipinski definition) is 4. The minimum Gasteiger partial charge on any atom is -0.357 e. The van der Waals surface area contributed by atoms with Crippen LogP contribution in [-0.2, 0) is 13.1 Å². The van der Waals surface area contributed by atoms with E-state index in [4.69, 9.17) is 0 Å². The van der Waals surface area contributed by atoms with Gasteiger partial charge in [0.1, 0.15) is 12.2 Å². The van der Waals surface area contributed by atoms with Crippen LogP contribution in [0.1, 0.15) is 37.0 Å². The monoisotopic (exact) mass is 311 g/mol. The van der Waals surface area contributed by atoms with Gasteiger partial charge >= 0.3 is 0 Å². The largest absolute Gasteiger partial charge is 0.357 e. The number of aromatic nitrogens is 4. The summed E-state index contributed by atoms with van der Waals surface area (Å²) in [6.45, 7) is 7.41. The van der Waals surface area contributed by atoms with E-state index in [9.17, 15) is 4.79 Å². The van der Waals surface area contributed by atoms with E-state index in [1.165, 1.54) is 0 Å². The topological polar surface area (TPSA) is 75.6 Å². The molecule has 3 aromatic rings. The van der Waals surface area contributed by atoms with Gasteiger partial charge in [0.2, 0.25) is 0 Å². The molecule has 2 heterocycles. The van der Waals surface area contributed by atoms with Crippen molar-refractivity contribution in [1.29, 1.82) is 0 Å². The van der Waals surface area contributed by atoms with Crippen LogP contribution in [0.5, 0.6) is 0 Å². The summed E-state index contributed by atoms with van der Waals surface area (Å²) in [6.07, 6.45) is 1.57. The van der Waals surface area contributed by atoms with Gasteiger partial charge in [-0.2, -0.15) is 5.10 Å². The van der Waals surface area contributed by atoms with Crippen molar-refractivity contribution in [2.24, 2.45) is 0 Å². The summed E-state index contributed by atoms with van der Waals surface area (Å²) in [6, 6.07) is 7.58. The normalized spacial score (nSPS) is 12.7. The summed E-state index contributed by atoms with van der Waals surface area (Å²) in [7, 11) is 0. The molecule has 1 aromatic carbocycles. The molecular formula is C17H21N5O. The van der Waals surface area contributed by atoms with Gasteiger partial charge in [0.25, 0.3) is 0 Å². The number of rotatable bonds is 5. The molecule has 0 aliphatic rings. The second kappa shape index (κ2) is 6.34. The van der Waals surface area contributed by atoms with Gasteiger partial charge in [0.05, 0.1) is 6.04 Å². The Morgan fingerprint density at radius 2 is 2.17 bits per heavy atom. The van der Waals surface area contributed by atoms with E-state index in [-0.39, 0.29) is 11.5 Å². The standard InChI is InChI=1S/C17H21N5O/c1-4-22-17(19-10-20-22)12(3)18-9-13-8-16(23)14-7-11(2)5-6-15(14)21-13/h5-8,10,12,18H,4,9H2,1-3H3,(H,21,23)/t12-/m0/s1. The number of pyridine rings is 1. The molecule has 0 aliphatic heterocycles. The Morgan fingerprint density at radius 3 is 2.96 bits per heavy atom. The lowest BCUT2D eigenvalue weighted by Gasteiger charge is -2.14. The summed E-state index contributed by atoms with van der Waals surface area (Å²) in [4.78, 5) is 19.9. The molecule has 1 atom stereocenters. The molecule has 0 spiro atoms. The van der Waals surface area contributed by atoms with Crippen LogP contribution in [0.15, 0.2) is 35.4 Å². The van der Waals surface area contributed by atoms with Crippen LogP contribution in [0.2, 0.25) is 0 Å². The number of hydrogen-bond donors (Lipinski definition) is 2. The summed E-state index contributed by atoms with van der Waals surface area (Å²) in [5.74, 6) is 0.895. The van der Waals surface area contributed by atoms with Gasteiger partial charge in [-0.25, -0.2) is 9.67 Å². The zero-order chi connectivity index (χ0) is 16.4. The predicted octanol–water partition coefficient (Wildman–Crippen LogP) is 2.30. The van der Waals surface area contributed by atoms with Crippen molar-refractivity contribution >= 4 is 10.9 Å². The third-order valence-electron chi connectivity index (χ3n) is 3.97. The minimum absolute atomic E-state index is 0.0450. The van der Waals surface area contributed by atoms with E-state index in [1.807, 2.05) is 43.7 Å². The van der Waals surface area contributed by atoms with Crippen LogP contribution in [0.25, 0.3) is 10.9 Å². The number of fused-ring (bicyclic) bond motifs is 1. The number of benzene rings is 1. The predicted molar refractivity (Wildman–Crippen MR) is 90.3 cm³/mol. The lowest BCUT2D eigenvalue weighted by molar-refractivity contribution is 0.495. The summed E-state index contributed by atoms with van der Waals surface area (Å²) >= 11 is 0. The smallest absolute Gasteiger partial charge is 0.189 e. The quantitative estimate of drug-likeness (QED) is 0.758. The molecule has 0 bridgehead atoms. The second-order valence-electron chi connectivity index (χ2n) is 5.74. The lowest BCUT2D eigenvalue weighted by atomic mass is 10.1. The Bertz CT molecular complexity index is 880. The first-order valence-electron chi connectivity index (χ1n) is 7.82. The molecule has 0 unspecified atom stereocenters. The average Bonchev–Trinajstić information content (AvgIpc) is 3.02. The van der Waals surface area contributed by atoms with Gasteiger partial charge < -0.3 is 10.3 Å². The van der Waals surface area contributed by atoms with Crippen molar-refractivity contribution in [2.75, 3.05) is 0 Å². The first-order chi connectivity index (χ1) is 11.1. The van der Waals surface area contributed by atoms with Crippen LogP contribution in [-0.4, -0.2) is 19.7 Å². The molecule has 120 valence electrons. The van der Waals surface area contributed by atoms with E-state index in [0.717, 1.165) is 34.5 Å². The van der Waals surface area contributed by atoms with Crippen LogP contribution in [0, 0.1) is 6.92 Å². The number of aromatic amines is 1. The van der Waals surface area contributed by atoms with Gasteiger partial charge in [-0.1, -0.05) is 11.6 Å². The van der Waals surface area contributed by atoms with Crippen molar-refractivity contribution in [1.82, 2.24) is 25.1 Å². The second-order valence-corrected chi connectivity index (χ2v) is 5.74. The van der Waals surface area contributed by atoms with Crippen LogP contribution < -0.4 is 10.7 Å². The summed E-state index contributed by atoms with van der Waals surface area (Å²) in [5, 5.41) is 8.30. The van der Waals surface area contributed by atoms with E-state index < -0.39 is 0 Å². The highest BCUT2D eigenvalue weighted by Gasteiger charge is 2.12. The number of H-pyrrole nitrogens is 1. The summed E-state index contributed by atoms with van der Waals surface area (Å²) < 4.78 is 1.86. The van der Waals surface area contributed by atoms with Gasteiger partial charge in [-0.05, 0) is 32.9 Å². The highest BCUT2D eigenvalue weighted by atomic mass is 16.1. The molecule has 2 N–H and O–H groups in total. The fourth-order valence-corrected chi connectivity index (χ4v) is 2.72. The fourth-order valence-electron chi connectivity index (χ4n) is 2.72. The van der Waals surface area contributed by atoms with Crippen LogP contribution in [0.4, 0.5) is 0 Å². The molecule has 6 heteroatoms. The van der Waals surface area contributed by atoms with E-state index in [1.54, 1.807) is 12.4 Å². The molecule has 0 aliphatic carbocycles. The van der Waals surface area contributed by atoms with Crippen molar-refractivity contribution in [3.05, 3.63) is 57.9 Å². The average molecular weight is 311 g/mol. The zero-order valence-electron chi connectivity index (χ0n) is 13.6. The van der Waals surface area contributed by atoms with E-state index in [2.05, 4.69) is 20.4 Å². The summed E-state index contributed by atoms with van der Waals surface area (Å²) in [5.41, 5.74) is 2.86. The Labute approximate surface area is 134 Å². The van der Waals surface area contributed by atoms with Gasteiger partial charge in [0.15, 0.2) is 5.43 Å². The SMILES string of the molecule is CCn1ncnc1[C@H](C)NCc1cc(=O)c2cc(C)ccc2[nH]1. The number of nitrogens with one attached hydrogen (secondary N) is 2. The Balaban J connectivity index is 1.79. The molecule has 0 radical (unpaired) electrons. The molecule has 6 nitrogen and oxygen atoms in total. The number of nitrogens with zero attached hydrogens (tertiary/aromatic N) is 3. The van der Waals surface area contributed by atoms with Gasteiger partial charge in [-0.15, -0.1) is 0 Å². The molecular weight excluding hydrogens is 290 g/mol. The maximum atomic E-state index is 12.3. The van der Waals surface area contributed by atoms with Gasteiger partial charge in [-0.3, -0.25) is 4.79 Å². The molecule has 23 heavy (non-hydrogen) atoms. The Kier molecular flexibility index (Phi) is 4.25. The highest BCUT2D eigenvalue weighted by Crippen LogP contribution is 2.12. The first-order valence-corrected chi connectivity index (χ1v) is 7.82. The molecule has 0 saturated heterocycles. The molecule has 3 rings (SSSR count). The van der Waals surface area contributed by atoms with Crippen molar-refractivity contribution in [3.8, 4) is 0 Å². The van der Waals surface area contributed by atoms with E-state index >= 15 is 0 Å². The fraction of sp³-hybridized carbons (Fsp3) is 0.353. The molecule has 0 saturated carbocycles. The maximum Gasteiger partial charge on any atom is 0.189 e.